The molecule has 0 unspecified atom stereocenters. The summed E-state index contributed by atoms with van der Waals surface area (Å²) in [6.45, 7) is 8.90. The highest BCUT2D eigenvalue weighted by Gasteiger charge is 2.46. The van der Waals surface area contributed by atoms with E-state index in [1.165, 1.54) is 0 Å². The molecular formula is C21H31N3O3S. The molecule has 0 aliphatic carbocycles. The number of piperidine rings is 1. The SMILES string of the molecule is CCOc1ccc(NC(=O)N2CCC3(CC2)SCCN3C(=O)CC(C)C)cc1. The first kappa shape index (κ1) is 20.8. The Morgan fingerprint density at radius 1 is 1.18 bits per heavy atom. The minimum absolute atomic E-state index is 0.0814. The summed E-state index contributed by atoms with van der Waals surface area (Å²) in [4.78, 5) is 29.1. The van der Waals surface area contributed by atoms with Crippen molar-refractivity contribution in [1.29, 1.82) is 0 Å². The third kappa shape index (κ3) is 4.74. The molecule has 1 N–H and O–H groups in total. The van der Waals surface area contributed by atoms with Crippen LogP contribution >= 0.6 is 11.8 Å². The zero-order valence-corrected chi connectivity index (χ0v) is 17.9. The van der Waals surface area contributed by atoms with Crippen LogP contribution in [-0.4, -0.2) is 58.6 Å². The number of nitrogens with zero attached hydrogens (tertiary/aromatic N) is 2. The van der Waals surface area contributed by atoms with Gasteiger partial charge in [-0.15, -0.1) is 11.8 Å². The van der Waals surface area contributed by atoms with E-state index in [0.29, 0.717) is 32.0 Å². The van der Waals surface area contributed by atoms with Crippen molar-refractivity contribution in [2.24, 2.45) is 5.92 Å². The van der Waals surface area contributed by atoms with Gasteiger partial charge in [0.2, 0.25) is 5.91 Å². The minimum atomic E-state index is -0.123. The number of benzene rings is 1. The van der Waals surface area contributed by atoms with Crippen molar-refractivity contribution in [3.63, 3.8) is 0 Å². The fraction of sp³-hybridized carbons (Fsp3) is 0.619. The lowest BCUT2D eigenvalue weighted by Gasteiger charge is -2.44. The van der Waals surface area contributed by atoms with Gasteiger partial charge in [-0.1, -0.05) is 13.8 Å². The summed E-state index contributed by atoms with van der Waals surface area (Å²) in [5, 5.41) is 2.96. The van der Waals surface area contributed by atoms with Gasteiger partial charge < -0.3 is 19.9 Å². The first-order valence-electron chi connectivity index (χ1n) is 10.2. The summed E-state index contributed by atoms with van der Waals surface area (Å²) in [5.74, 6) is 2.41. The van der Waals surface area contributed by atoms with E-state index >= 15 is 0 Å². The Kier molecular flexibility index (Phi) is 6.75. The molecule has 0 saturated carbocycles. The average molecular weight is 406 g/mol. The minimum Gasteiger partial charge on any atom is -0.494 e. The van der Waals surface area contributed by atoms with Crippen LogP contribution in [0.4, 0.5) is 10.5 Å². The van der Waals surface area contributed by atoms with Crippen molar-refractivity contribution in [1.82, 2.24) is 9.80 Å². The molecule has 3 amide bonds. The van der Waals surface area contributed by atoms with Crippen molar-refractivity contribution < 1.29 is 14.3 Å². The summed E-state index contributed by atoms with van der Waals surface area (Å²) >= 11 is 1.89. The predicted octanol–water partition coefficient (Wildman–Crippen LogP) is 4.03. The first-order chi connectivity index (χ1) is 13.4. The number of urea groups is 1. The molecule has 1 aromatic rings. The smallest absolute Gasteiger partial charge is 0.321 e. The number of likely N-dealkylation sites (tertiary alicyclic amines) is 1. The molecule has 2 fully saturated rings. The summed E-state index contributed by atoms with van der Waals surface area (Å²) < 4.78 is 5.43. The molecule has 0 atom stereocenters. The van der Waals surface area contributed by atoms with Crippen molar-refractivity contribution in [3.05, 3.63) is 24.3 Å². The summed E-state index contributed by atoms with van der Waals surface area (Å²) in [5.41, 5.74) is 0.762. The molecular weight excluding hydrogens is 374 g/mol. The van der Waals surface area contributed by atoms with Crippen LogP contribution in [0.2, 0.25) is 0 Å². The largest absolute Gasteiger partial charge is 0.494 e. The summed E-state index contributed by atoms with van der Waals surface area (Å²) in [6.07, 6.45) is 2.26. The molecule has 3 rings (SSSR count). The van der Waals surface area contributed by atoms with E-state index in [-0.39, 0.29) is 16.8 Å². The molecule has 1 aromatic carbocycles. The second kappa shape index (κ2) is 9.07. The van der Waals surface area contributed by atoms with Gasteiger partial charge in [0.15, 0.2) is 0 Å². The number of anilines is 1. The van der Waals surface area contributed by atoms with Crippen molar-refractivity contribution >= 4 is 29.4 Å². The number of carbonyl (C=O) groups excluding carboxylic acids is 2. The Morgan fingerprint density at radius 3 is 2.46 bits per heavy atom. The van der Waals surface area contributed by atoms with Gasteiger partial charge >= 0.3 is 6.03 Å². The summed E-state index contributed by atoms with van der Waals surface area (Å²) in [6, 6.07) is 7.35. The Bertz CT molecular complexity index is 685. The van der Waals surface area contributed by atoms with E-state index in [4.69, 9.17) is 4.74 Å². The third-order valence-corrected chi connectivity index (χ3v) is 6.86. The predicted molar refractivity (Wildman–Crippen MR) is 114 cm³/mol. The Hall–Kier alpha value is -1.89. The van der Waals surface area contributed by atoms with Crippen LogP contribution in [0.5, 0.6) is 5.75 Å². The van der Waals surface area contributed by atoms with Gasteiger partial charge in [-0.25, -0.2) is 4.79 Å². The normalized spacial score (nSPS) is 18.6. The lowest BCUT2D eigenvalue weighted by atomic mass is 10.0. The van der Waals surface area contributed by atoms with E-state index in [9.17, 15) is 9.59 Å². The van der Waals surface area contributed by atoms with Gasteiger partial charge in [-0.2, -0.15) is 0 Å². The van der Waals surface area contributed by atoms with Crippen molar-refractivity contribution in [3.8, 4) is 5.75 Å². The van der Waals surface area contributed by atoms with Crippen LogP contribution in [0.15, 0.2) is 24.3 Å². The Balaban J connectivity index is 1.55. The topological polar surface area (TPSA) is 61.9 Å². The van der Waals surface area contributed by atoms with Crippen LogP contribution in [-0.2, 0) is 4.79 Å². The molecule has 154 valence electrons. The third-order valence-electron chi connectivity index (χ3n) is 5.31. The van der Waals surface area contributed by atoms with Crippen LogP contribution < -0.4 is 10.1 Å². The molecule has 2 aliphatic heterocycles. The highest BCUT2D eigenvalue weighted by molar-refractivity contribution is 8.00. The number of thioether (sulfide) groups is 1. The van der Waals surface area contributed by atoms with Crippen molar-refractivity contribution in [2.75, 3.05) is 37.3 Å². The van der Waals surface area contributed by atoms with Gasteiger partial charge in [0.05, 0.1) is 11.5 Å². The zero-order valence-electron chi connectivity index (χ0n) is 17.1. The van der Waals surface area contributed by atoms with E-state index in [0.717, 1.165) is 36.6 Å². The number of carbonyl (C=O) groups is 2. The molecule has 1 spiro atoms. The van der Waals surface area contributed by atoms with Gasteiger partial charge in [-0.05, 0) is 49.9 Å². The quantitative estimate of drug-likeness (QED) is 0.803. The highest BCUT2D eigenvalue weighted by atomic mass is 32.2. The van der Waals surface area contributed by atoms with Crippen LogP contribution in [0.25, 0.3) is 0 Å². The van der Waals surface area contributed by atoms with Crippen LogP contribution in [0.1, 0.15) is 40.0 Å². The number of nitrogens with one attached hydrogen (secondary N) is 1. The zero-order chi connectivity index (χ0) is 20.1. The van der Waals surface area contributed by atoms with Crippen LogP contribution in [0, 0.1) is 5.92 Å². The Morgan fingerprint density at radius 2 is 1.86 bits per heavy atom. The standard InChI is InChI=1S/C21H31N3O3S/c1-4-27-18-7-5-17(6-8-18)22-20(26)23-11-9-21(10-12-23)24(13-14-28-21)19(25)15-16(2)3/h5-8,16H,4,9-15H2,1-3H3,(H,22,26). The highest BCUT2D eigenvalue weighted by Crippen LogP contribution is 2.44. The molecule has 0 radical (unpaired) electrons. The maximum atomic E-state index is 12.7. The molecule has 6 nitrogen and oxygen atoms in total. The average Bonchev–Trinajstić information content (AvgIpc) is 3.07. The van der Waals surface area contributed by atoms with Crippen molar-refractivity contribution in [2.45, 2.75) is 44.9 Å². The molecule has 0 bridgehead atoms. The van der Waals surface area contributed by atoms with E-state index in [1.807, 2.05) is 47.9 Å². The monoisotopic (exact) mass is 405 g/mol. The second-order valence-electron chi connectivity index (χ2n) is 7.81. The Labute approximate surface area is 172 Å². The molecule has 2 heterocycles. The summed E-state index contributed by atoms with van der Waals surface area (Å²) in [7, 11) is 0. The molecule has 0 aromatic heterocycles. The van der Waals surface area contributed by atoms with Gasteiger partial charge in [0.1, 0.15) is 5.75 Å². The fourth-order valence-electron chi connectivity index (χ4n) is 3.90. The number of amides is 3. The number of ether oxygens (including phenoxy) is 1. The maximum Gasteiger partial charge on any atom is 0.321 e. The van der Waals surface area contributed by atoms with Crippen LogP contribution in [0.3, 0.4) is 0 Å². The first-order valence-corrected chi connectivity index (χ1v) is 11.2. The molecule has 2 aliphatic rings. The van der Waals surface area contributed by atoms with E-state index in [2.05, 4.69) is 24.1 Å². The lowest BCUT2D eigenvalue weighted by Crippen LogP contribution is -2.54. The van der Waals surface area contributed by atoms with Gasteiger partial charge in [0.25, 0.3) is 0 Å². The maximum absolute atomic E-state index is 12.7. The van der Waals surface area contributed by atoms with Gasteiger partial charge in [-0.3, -0.25) is 4.79 Å². The fourth-order valence-corrected chi connectivity index (χ4v) is 5.37. The molecule has 2 saturated heterocycles. The second-order valence-corrected chi connectivity index (χ2v) is 9.27. The number of hydrogen-bond acceptors (Lipinski definition) is 4. The van der Waals surface area contributed by atoms with Gasteiger partial charge in [0, 0.05) is 37.5 Å². The lowest BCUT2D eigenvalue weighted by molar-refractivity contribution is -0.135. The van der Waals surface area contributed by atoms with E-state index < -0.39 is 0 Å². The number of hydrogen-bond donors (Lipinski definition) is 1. The molecule has 28 heavy (non-hydrogen) atoms. The molecule has 7 heteroatoms. The van der Waals surface area contributed by atoms with E-state index in [1.54, 1.807) is 0 Å². The number of rotatable bonds is 5.